The number of hydrogen-bond acceptors (Lipinski definition) is 21. The Kier molecular flexibility index (Phi) is 51.0. The quantitative estimate of drug-likeness (QED) is 0.0767. The first kappa shape index (κ1) is 97.1. The summed E-state index contributed by atoms with van der Waals surface area (Å²) in [6.07, 6.45) is 16.3. The molecule has 6 aliphatic rings. The molecule has 5 aromatic rings. The Balaban J connectivity index is 0.00000122. The van der Waals surface area contributed by atoms with E-state index in [4.69, 9.17) is 6.57 Å². The van der Waals surface area contributed by atoms with E-state index in [0.29, 0.717) is 58.9 Å². The van der Waals surface area contributed by atoms with Gasteiger partial charge in [-0.3, -0.25) is 63.6 Å². The summed E-state index contributed by atoms with van der Waals surface area (Å²) >= 11 is 0. The smallest absolute Gasteiger partial charge is 0.325 e. The molecule has 11 heterocycles. The van der Waals surface area contributed by atoms with Crippen LogP contribution in [0.3, 0.4) is 0 Å². The Morgan fingerprint density at radius 2 is 0.875 bits per heavy atom. The van der Waals surface area contributed by atoms with Gasteiger partial charge in [-0.15, -0.1) is 9.24 Å². The standard InChI is InChI=1S/C13H16N4O.2C13H20N4O.C12H18N4O.C11H17N3O2S.C7H17N2P.6CH4/c1-14-12(11-3-5-15-6-4-11)13(18)17-9-7-16(2)8-10-17;1-16-6-8-17(9-7-16)11-13(18)15-10-12-2-4-14-5-3-12;1-16-6-8-17(9-7-16)11-13(18)15-10-12-4-2-3-5-14-12;1-15-6-8-16(9-7-15)10-12(17)14-11-2-4-13-5-3-11;1-13-5-7-14(8-6-13)17(15,16)10-11-3-2-4-12-9-11;1-8-2-4-9(5-3-8)6-7-10;;;;;;/h3-6,12H,7-10H2,2H3;2*2-5H,6-11H2,1H3,(H,15,18);2-5H,6-10H2,1H3,(H,13,14,17);2-4,9H,5-8,10H2,1H3;2-7,10H2,1H3;6*1H4. The molecule has 0 radical (unpaired) electrons. The molecule has 2 atom stereocenters. The van der Waals surface area contributed by atoms with Gasteiger partial charge in [0.2, 0.25) is 27.7 Å². The van der Waals surface area contributed by atoms with E-state index in [9.17, 15) is 27.6 Å². The van der Waals surface area contributed by atoms with Crippen molar-refractivity contribution in [2.45, 2.75) is 69.4 Å². The number of rotatable bonds is 18. The highest BCUT2D eigenvalue weighted by molar-refractivity contribution is 7.88. The fourth-order valence-corrected chi connectivity index (χ4v) is 12.8. The average molecular weight is 1490 g/mol. The van der Waals surface area contributed by atoms with Crippen LogP contribution in [0.2, 0.25) is 0 Å². The van der Waals surface area contributed by atoms with Crippen molar-refractivity contribution < 1.29 is 27.6 Å². The number of sulfonamides is 1. The van der Waals surface area contributed by atoms with Crippen LogP contribution in [0.25, 0.3) is 4.85 Å². The van der Waals surface area contributed by atoms with Crippen molar-refractivity contribution in [2.75, 3.05) is 237 Å². The number of pyridine rings is 5. The lowest BCUT2D eigenvalue weighted by Crippen LogP contribution is -2.48. The van der Waals surface area contributed by atoms with E-state index in [-0.39, 0.29) is 73.9 Å². The first-order valence-electron chi connectivity index (χ1n) is 34.0. The number of nitrogens with zero attached hydrogens (tertiary/aromatic N) is 18. The van der Waals surface area contributed by atoms with Crippen molar-refractivity contribution in [1.82, 2.24) is 93.8 Å². The Morgan fingerprint density at radius 3 is 1.30 bits per heavy atom. The van der Waals surface area contributed by atoms with Crippen LogP contribution in [0.5, 0.6) is 0 Å². The molecule has 6 saturated heterocycles. The highest BCUT2D eigenvalue weighted by Crippen LogP contribution is 2.21. The largest absolute Gasteiger partial charge is 0.351 e. The summed E-state index contributed by atoms with van der Waals surface area (Å²) in [5.41, 5.74) is 4.25. The van der Waals surface area contributed by atoms with Crippen molar-refractivity contribution in [2.24, 2.45) is 0 Å². The van der Waals surface area contributed by atoms with Gasteiger partial charge in [-0.2, -0.15) is 4.31 Å². The van der Waals surface area contributed by atoms with Crippen LogP contribution in [0.15, 0.2) is 123 Å². The van der Waals surface area contributed by atoms with Crippen LogP contribution in [0, 0.1) is 6.57 Å². The van der Waals surface area contributed by atoms with E-state index in [0.717, 1.165) is 133 Å². The topological polar surface area (TPSA) is 246 Å². The summed E-state index contributed by atoms with van der Waals surface area (Å²) in [6, 6.07) is 19.4. The molecule has 6 aliphatic heterocycles. The molecule has 584 valence electrons. The molecule has 0 bridgehead atoms. The van der Waals surface area contributed by atoms with Crippen molar-refractivity contribution >= 4 is 48.6 Å². The fourth-order valence-electron chi connectivity index (χ4n) is 10.9. The average Bonchev–Trinajstić information content (AvgIpc) is 0.840. The summed E-state index contributed by atoms with van der Waals surface area (Å²) in [5.74, 6) is 0.163. The maximum absolute atomic E-state index is 12.3. The van der Waals surface area contributed by atoms with E-state index >= 15 is 0 Å². The van der Waals surface area contributed by atoms with Crippen LogP contribution in [-0.4, -0.2) is 347 Å². The summed E-state index contributed by atoms with van der Waals surface area (Å²) < 4.78 is 25.9. The maximum Gasteiger partial charge on any atom is 0.325 e. The molecule has 0 aliphatic carbocycles. The van der Waals surface area contributed by atoms with Gasteiger partial charge in [-0.05, 0) is 114 Å². The molecule has 104 heavy (non-hydrogen) atoms. The molecule has 29 heteroatoms. The Labute approximate surface area is 629 Å². The van der Waals surface area contributed by atoms with Crippen LogP contribution < -0.4 is 16.0 Å². The number of carbonyl (C=O) groups excluding carboxylic acids is 4. The molecular formula is C75H132N21O6PS. The molecule has 3 N–H and O–H groups in total. The van der Waals surface area contributed by atoms with Crippen LogP contribution >= 0.6 is 9.24 Å². The normalized spacial score (nSPS) is 17.6. The van der Waals surface area contributed by atoms with Gasteiger partial charge < -0.3 is 55.1 Å². The Hall–Kier alpha value is -6.94. The van der Waals surface area contributed by atoms with Gasteiger partial charge in [0, 0.05) is 237 Å². The second-order valence-corrected chi connectivity index (χ2v) is 28.0. The van der Waals surface area contributed by atoms with E-state index in [2.05, 4.69) is 132 Å². The lowest BCUT2D eigenvalue weighted by atomic mass is 10.1. The number of piperazine rings is 6. The lowest BCUT2D eigenvalue weighted by molar-refractivity contribution is -0.133. The molecule has 0 spiro atoms. The van der Waals surface area contributed by atoms with Gasteiger partial charge in [-0.1, -0.05) is 56.7 Å². The maximum atomic E-state index is 12.3. The molecule has 5 aromatic heterocycles. The molecule has 27 nitrogen and oxygen atoms in total. The second-order valence-electron chi connectivity index (χ2n) is 25.4. The monoisotopic (exact) mass is 1490 g/mol. The van der Waals surface area contributed by atoms with Crippen molar-refractivity contribution in [3.05, 3.63) is 156 Å². The van der Waals surface area contributed by atoms with E-state index in [1.54, 1.807) is 101 Å². The third kappa shape index (κ3) is 38.9. The minimum Gasteiger partial charge on any atom is -0.351 e. The summed E-state index contributed by atoms with van der Waals surface area (Å²) in [4.78, 5) is 95.4. The minimum atomic E-state index is -3.19. The van der Waals surface area contributed by atoms with Gasteiger partial charge in [0.15, 0.2) is 0 Å². The summed E-state index contributed by atoms with van der Waals surface area (Å²) in [5, 5.41) is 8.70. The number of hydrogen-bond donors (Lipinski definition) is 3. The molecule has 4 amide bonds. The van der Waals surface area contributed by atoms with Crippen molar-refractivity contribution in [3.8, 4) is 0 Å². The van der Waals surface area contributed by atoms with Gasteiger partial charge in [-0.25, -0.2) is 15.0 Å². The second kappa shape index (κ2) is 54.6. The summed E-state index contributed by atoms with van der Waals surface area (Å²) in [6.45, 7) is 33.9. The number of anilines is 1. The Bertz CT molecular complexity index is 3090. The zero-order valence-corrected chi connectivity index (χ0v) is 60.7. The third-order valence-corrected chi connectivity index (χ3v) is 19.6. The molecule has 2 unspecified atom stereocenters. The van der Waals surface area contributed by atoms with Crippen LogP contribution in [0.1, 0.15) is 73.0 Å². The zero-order chi connectivity index (χ0) is 70.3. The van der Waals surface area contributed by atoms with Gasteiger partial charge in [0.05, 0.1) is 37.6 Å². The van der Waals surface area contributed by atoms with Gasteiger partial charge in [0.1, 0.15) is 0 Å². The number of carbonyl (C=O) groups is 4. The van der Waals surface area contributed by atoms with Crippen LogP contribution in [0.4, 0.5) is 5.69 Å². The molecule has 0 aromatic carbocycles. The zero-order valence-electron chi connectivity index (χ0n) is 58.7. The molecule has 0 saturated carbocycles. The van der Waals surface area contributed by atoms with E-state index in [1.807, 2.05) is 44.4 Å². The highest BCUT2D eigenvalue weighted by atomic mass is 32.2. The summed E-state index contributed by atoms with van der Waals surface area (Å²) in [7, 11) is 12.2. The number of nitrogens with one attached hydrogen (secondary N) is 3. The van der Waals surface area contributed by atoms with Crippen molar-refractivity contribution in [3.63, 3.8) is 0 Å². The van der Waals surface area contributed by atoms with E-state index < -0.39 is 16.1 Å². The number of amides is 4. The fraction of sp³-hybridized carbons (Fsp3) is 0.600. The predicted molar refractivity (Wildman–Crippen MR) is 429 cm³/mol. The number of aromatic nitrogens is 5. The SMILES string of the molecule is C.C.C.C.C.C.CN1CCN(CC(=O)NCc2ccccn2)CC1.CN1CCN(CC(=O)NCc2ccncc2)CC1.CN1CCN(CC(=O)Nc2ccncc2)CC1.CN1CCN(CCP)CC1.CN1CCN(S(=O)(=O)Cc2cccnc2)CC1.[C-]#[N+]C(C(=O)N1CCN(C)CC1)c1ccncc1. The molecule has 6 fully saturated rings. The van der Waals surface area contributed by atoms with Crippen LogP contribution in [-0.2, 0) is 48.0 Å². The number of likely N-dealkylation sites (N-methyl/N-ethyl adjacent to an activating group) is 6. The van der Waals surface area contributed by atoms with Crippen molar-refractivity contribution in [1.29, 1.82) is 0 Å². The molecular weight excluding hydrogens is 1350 g/mol. The highest BCUT2D eigenvalue weighted by Gasteiger charge is 2.32. The molecule has 11 rings (SSSR count). The van der Waals surface area contributed by atoms with Gasteiger partial charge in [0.25, 0.3) is 0 Å². The first-order chi connectivity index (χ1) is 47.3. The third-order valence-electron chi connectivity index (χ3n) is 17.5. The predicted octanol–water partition coefficient (Wildman–Crippen LogP) is 5.06. The Morgan fingerprint density at radius 1 is 0.462 bits per heavy atom. The first-order valence-corrected chi connectivity index (χ1v) is 36.4. The van der Waals surface area contributed by atoms with Gasteiger partial charge >= 0.3 is 11.9 Å². The van der Waals surface area contributed by atoms with E-state index in [1.165, 1.54) is 38.9 Å². The minimum absolute atomic E-state index is 0. The lowest BCUT2D eigenvalue weighted by Gasteiger charge is -2.32.